The summed E-state index contributed by atoms with van der Waals surface area (Å²) in [5.74, 6) is -2.17. The number of nitrogens with zero attached hydrogens (tertiary/aromatic N) is 1. The predicted octanol–water partition coefficient (Wildman–Crippen LogP) is 4.94. The average molecular weight is 521 g/mol. The third-order valence-corrected chi connectivity index (χ3v) is 5.57. The zero-order chi connectivity index (χ0) is 21.1. The predicted molar refractivity (Wildman–Crippen MR) is 116 cm³/mol. The van der Waals surface area contributed by atoms with Crippen molar-refractivity contribution in [3.63, 3.8) is 0 Å². The monoisotopic (exact) mass is 518 g/mol. The standard InChI is InChI=1S/C19H14BrCl3N2O4/c20-11-1-4-15(14(23)6-11)24-17(26)9-29-19(28)10-5-18(27)25(8-10)16-7-12(21)2-3-13(16)22/h1-4,6-7,10H,5,8-9H2,(H,24,26)/t10-/m1/s1. The van der Waals surface area contributed by atoms with Gasteiger partial charge in [-0.2, -0.15) is 0 Å². The summed E-state index contributed by atoms with van der Waals surface area (Å²) in [6.45, 7) is -0.397. The fourth-order valence-electron chi connectivity index (χ4n) is 2.82. The Morgan fingerprint density at radius 1 is 1.14 bits per heavy atom. The van der Waals surface area contributed by atoms with Gasteiger partial charge in [-0.05, 0) is 36.4 Å². The molecule has 1 atom stereocenters. The molecular formula is C19H14BrCl3N2O4. The number of benzene rings is 2. The normalized spacial score (nSPS) is 16.1. The number of ether oxygens (including phenoxy) is 1. The average Bonchev–Trinajstić information content (AvgIpc) is 3.05. The van der Waals surface area contributed by atoms with E-state index in [-0.39, 0.29) is 18.9 Å². The van der Waals surface area contributed by atoms with E-state index >= 15 is 0 Å². The van der Waals surface area contributed by atoms with Gasteiger partial charge in [0, 0.05) is 22.5 Å². The molecule has 152 valence electrons. The van der Waals surface area contributed by atoms with Crippen LogP contribution < -0.4 is 10.2 Å². The molecule has 2 aromatic rings. The van der Waals surface area contributed by atoms with Gasteiger partial charge in [-0.25, -0.2) is 0 Å². The number of halogens is 4. The minimum absolute atomic E-state index is 0.0398. The highest BCUT2D eigenvalue weighted by molar-refractivity contribution is 9.10. The first-order valence-electron chi connectivity index (χ1n) is 8.41. The molecule has 2 amide bonds. The lowest BCUT2D eigenvalue weighted by atomic mass is 10.1. The fourth-order valence-corrected chi connectivity index (χ4v) is 3.93. The second-order valence-corrected chi connectivity index (χ2v) is 8.45. The van der Waals surface area contributed by atoms with Crippen molar-refractivity contribution in [3.05, 3.63) is 55.9 Å². The van der Waals surface area contributed by atoms with Crippen LogP contribution in [-0.4, -0.2) is 30.9 Å². The first-order valence-corrected chi connectivity index (χ1v) is 10.3. The number of carbonyl (C=O) groups is 3. The number of hydrogen-bond acceptors (Lipinski definition) is 4. The van der Waals surface area contributed by atoms with Crippen molar-refractivity contribution in [1.29, 1.82) is 0 Å². The maximum absolute atomic E-state index is 12.3. The van der Waals surface area contributed by atoms with E-state index in [0.29, 0.717) is 26.4 Å². The number of amides is 2. The van der Waals surface area contributed by atoms with Gasteiger partial charge >= 0.3 is 5.97 Å². The fraction of sp³-hybridized carbons (Fsp3) is 0.211. The summed E-state index contributed by atoms with van der Waals surface area (Å²) in [7, 11) is 0. The van der Waals surface area contributed by atoms with Crippen molar-refractivity contribution in [1.82, 2.24) is 0 Å². The molecule has 1 aliphatic heterocycles. The molecule has 1 fully saturated rings. The first kappa shape index (κ1) is 21.9. The minimum atomic E-state index is -0.707. The van der Waals surface area contributed by atoms with Crippen molar-refractivity contribution >= 4 is 79.9 Å². The Kier molecular flexibility index (Phi) is 7.05. The van der Waals surface area contributed by atoms with E-state index < -0.39 is 24.4 Å². The van der Waals surface area contributed by atoms with Crippen LogP contribution >= 0.6 is 50.7 Å². The van der Waals surface area contributed by atoms with Crippen LogP contribution in [0, 0.1) is 5.92 Å². The van der Waals surface area contributed by atoms with Gasteiger partial charge in [0.05, 0.1) is 27.3 Å². The van der Waals surface area contributed by atoms with Crippen LogP contribution in [0.2, 0.25) is 15.1 Å². The van der Waals surface area contributed by atoms with Gasteiger partial charge < -0.3 is 15.0 Å². The molecule has 10 heteroatoms. The van der Waals surface area contributed by atoms with Crippen molar-refractivity contribution in [3.8, 4) is 0 Å². The van der Waals surface area contributed by atoms with E-state index in [1.54, 1.807) is 36.4 Å². The molecule has 1 N–H and O–H groups in total. The SMILES string of the molecule is O=C(COC(=O)[C@@H]1CC(=O)N(c2cc(Cl)ccc2Cl)C1)Nc1ccc(Br)cc1Cl. The first-order chi connectivity index (χ1) is 13.7. The summed E-state index contributed by atoms with van der Waals surface area (Å²) < 4.78 is 5.83. The van der Waals surface area contributed by atoms with Crippen LogP contribution in [0.15, 0.2) is 40.9 Å². The van der Waals surface area contributed by atoms with Crippen molar-refractivity contribution in [2.75, 3.05) is 23.4 Å². The van der Waals surface area contributed by atoms with Gasteiger partial charge in [0.1, 0.15) is 0 Å². The Balaban J connectivity index is 1.56. The molecule has 0 unspecified atom stereocenters. The van der Waals surface area contributed by atoms with Crippen LogP contribution in [0.1, 0.15) is 6.42 Å². The Hall–Kier alpha value is -1.80. The molecule has 29 heavy (non-hydrogen) atoms. The third-order valence-electron chi connectivity index (χ3n) is 4.21. The molecule has 0 saturated carbocycles. The van der Waals surface area contributed by atoms with E-state index in [9.17, 15) is 14.4 Å². The molecule has 0 bridgehead atoms. The molecule has 1 saturated heterocycles. The van der Waals surface area contributed by atoms with Crippen LogP contribution in [0.5, 0.6) is 0 Å². The summed E-state index contributed by atoms with van der Waals surface area (Å²) in [5, 5.41) is 3.68. The van der Waals surface area contributed by atoms with E-state index in [0.717, 1.165) is 4.47 Å². The van der Waals surface area contributed by atoms with Gasteiger partial charge in [-0.3, -0.25) is 14.4 Å². The van der Waals surface area contributed by atoms with Gasteiger partial charge in [0.2, 0.25) is 5.91 Å². The van der Waals surface area contributed by atoms with Crippen LogP contribution in [0.4, 0.5) is 11.4 Å². The maximum atomic E-state index is 12.3. The quantitative estimate of drug-likeness (QED) is 0.567. The number of nitrogens with one attached hydrogen (secondary N) is 1. The summed E-state index contributed by atoms with van der Waals surface area (Å²) in [4.78, 5) is 38.1. The highest BCUT2D eigenvalue weighted by Crippen LogP contribution is 2.33. The molecule has 0 aromatic heterocycles. The summed E-state index contributed by atoms with van der Waals surface area (Å²) in [6.07, 6.45) is -0.0398. The molecule has 1 heterocycles. The molecule has 3 rings (SSSR count). The third kappa shape index (κ3) is 5.42. The van der Waals surface area contributed by atoms with Crippen LogP contribution in [-0.2, 0) is 19.1 Å². The van der Waals surface area contributed by atoms with Crippen molar-refractivity contribution in [2.24, 2.45) is 5.92 Å². The highest BCUT2D eigenvalue weighted by Gasteiger charge is 2.37. The van der Waals surface area contributed by atoms with Gasteiger partial charge in [0.25, 0.3) is 5.91 Å². The Morgan fingerprint density at radius 3 is 2.62 bits per heavy atom. The molecule has 0 aliphatic carbocycles. The number of esters is 1. The van der Waals surface area contributed by atoms with E-state index in [1.807, 2.05) is 0 Å². The molecule has 6 nitrogen and oxygen atoms in total. The highest BCUT2D eigenvalue weighted by atomic mass is 79.9. The molecule has 0 spiro atoms. The van der Waals surface area contributed by atoms with Crippen molar-refractivity contribution in [2.45, 2.75) is 6.42 Å². The Morgan fingerprint density at radius 2 is 1.90 bits per heavy atom. The lowest BCUT2D eigenvalue weighted by Crippen LogP contribution is -2.28. The Labute approximate surface area is 190 Å². The Bertz CT molecular complexity index is 986. The molecule has 2 aromatic carbocycles. The summed E-state index contributed by atoms with van der Waals surface area (Å²) in [6, 6.07) is 9.71. The number of hydrogen-bond donors (Lipinski definition) is 1. The molecule has 1 aliphatic rings. The smallest absolute Gasteiger partial charge is 0.311 e. The van der Waals surface area contributed by atoms with Gasteiger partial charge in [-0.15, -0.1) is 0 Å². The lowest BCUT2D eigenvalue weighted by molar-refractivity contribution is -0.151. The van der Waals surface area contributed by atoms with E-state index in [1.165, 1.54) is 4.90 Å². The van der Waals surface area contributed by atoms with Crippen molar-refractivity contribution < 1.29 is 19.1 Å². The minimum Gasteiger partial charge on any atom is -0.455 e. The second-order valence-electron chi connectivity index (χ2n) is 6.28. The number of carbonyl (C=O) groups excluding carboxylic acids is 3. The molecule has 0 radical (unpaired) electrons. The van der Waals surface area contributed by atoms with E-state index in [2.05, 4.69) is 21.2 Å². The number of anilines is 2. The maximum Gasteiger partial charge on any atom is 0.311 e. The lowest BCUT2D eigenvalue weighted by Gasteiger charge is -2.18. The summed E-state index contributed by atoms with van der Waals surface area (Å²) in [5.41, 5.74) is 0.829. The largest absolute Gasteiger partial charge is 0.455 e. The molecular weight excluding hydrogens is 506 g/mol. The van der Waals surface area contributed by atoms with Gasteiger partial charge in [-0.1, -0.05) is 50.7 Å². The van der Waals surface area contributed by atoms with Crippen LogP contribution in [0.25, 0.3) is 0 Å². The second kappa shape index (κ2) is 9.34. The number of rotatable bonds is 5. The summed E-state index contributed by atoms with van der Waals surface area (Å²) >= 11 is 21.4. The van der Waals surface area contributed by atoms with E-state index in [4.69, 9.17) is 39.5 Å². The zero-order valence-electron chi connectivity index (χ0n) is 14.8. The van der Waals surface area contributed by atoms with Crippen LogP contribution in [0.3, 0.4) is 0 Å². The topological polar surface area (TPSA) is 75.7 Å². The zero-order valence-corrected chi connectivity index (χ0v) is 18.6. The van der Waals surface area contributed by atoms with Gasteiger partial charge in [0.15, 0.2) is 6.61 Å².